The Balaban J connectivity index is 2.47. The van der Waals surface area contributed by atoms with E-state index in [1.165, 1.54) is 4.88 Å². The first-order valence-electron chi connectivity index (χ1n) is 6.54. The van der Waals surface area contributed by atoms with Gasteiger partial charge in [-0.15, -0.1) is 11.3 Å². The molecule has 0 aromatic carbocycles. The number of thiophene rings is 1. The number of anilines is 2. The number of nitrogens with one attached hydrogen (secondary N) is 1. The van der Waals surface area contributed by atoms with E-state index in [1.54, 1.807) is 11.3 Å². The zero-order valence-electron chi connectivity index (χ0n) is 11.8. The molecule has 6 nitrogen and oxygen atoms in total. The lowest BCUT2D eigenvalue weighted by molar-refractivity contribution is -0.119. The van der Waals surface area contributed by atoms with Crippen LogP contribution in [0.15, 0.2) is 6.07 Å². The Morgan fingerprint density at radius 3 is 2.70 bits per heavy atom. The highest BCUT2D eigenvalue weighted by molar-refractivity contribution is 7.18. The van der Waals surface area contributed by atoms with E-state index in [9.17, 15) is 4.79 Å². The van der Waals surface area contributed by atoms with Crippen molar-refractivity contribution in [2.75, 3.05) is 11.1 Å². The number of carbonyl (C=O) groups is 1. The number of aromatic nitrogens is 2. The van der Waals surface area contributed by atoms with Crippen molar-refractivity contribution in [2.45, 2.75) is 33.2 Å². The van der Waals surface area contributed by atoms with Crippen molar-refractivity contribution in [3.8, 4) is 0 Å². The maximum Gasteiger partial charge on any atom is 0.240 e. The monoisotopic (exact) mass is 293 g/mol. The summed E-state index contributed by atoms with van der Waals surface area (Å²) in [6.07, 6.45) is 0.920. The van der Waals surface area contributed by atoms with Crippen LogP contribution in [-0.4, -0.2) is 21.9 Å². The topological polar surface area (TPSA) is 107 Å². The third-order valence-corrected chi connectivity index (χ3v) is 4.25. The van der Waals surface area contributed by atoms with E-state index < -0.39 is 11.9 Å². The predicted molar refractivity (Wildman–Crippen MR) is 82.6 cm³/mol. The number of primary amides is 1. The standard InChI is InChI=1S/C13H19N5OS/c1-4-7-5-8-11(16-9(6(2)3)10(14)19)17-13(15)18-12(8)20-7/h5-6,9H,4H2,1-3H3,(H2,14,19)(H3,15,16,17,18). The highest BCUT2D eigenvalue weighted by atomic mass is 32.1. The zero-order chi connectivity index (χ0) is 14.9. The van der Waals surface area contributed by atoms with E-state index in [1.807, 2.05) is 19.9 Å². The number of hydrogen-bond acceptors (Lipinski definition) is 6. The number of nitrogen functional groups attached to an aromatic ring is 1. The Kier molecular flexibility index (Phi) is 4.08. The molecule has 0 aliphatic heterocycles. The van der Waals surface area contributed by atoms with E-state index in [-0.39, 0.29) is 11.9 Å². The quantitative estimate of drug-likeness (QED) is 0.778. The average molecular weight is 293 g/mol. The molecule has 0 saturated heterocycles. The predicted octanol–water partition coefficient (Wildman–Crippen LogP) is 1.76. The second kappa shape index (κ2) is 5.62. The number of amides is 1. The Morgan fingerprint density at radius 1 is 1.45 bits per heavy atom. The van der Waals surface area contributed by atoms with Crippen LogP contribution in [0.5, 0.6) is 0 Å². The van der Waals surface area contributed by atoms with Gasteiger partial charge in [-0.1, -0.05) is 20.8 Å². The first-order valence-corrected chi connectivity index (χ1v) is 7.35. The van der Waals surface area contributed by atoms with Crippen LogP contribution in [0.3, 0.4) is 0 Å². The smallest absolute Gasteiger partial charge is 0.240 e. The third-order valence-electron chi connectivity index (χ3n) is 3.07. The molecule has 2 aromatic rings. The van der Waals surface area contributed by atoms with Gasteiger partial charge in [0.1, 0.15) is 16.7 Å². The van der Waals surface area contributed by atoms with Crippen LogP contribution in [0.25, 0.3) is 10.2 Å². The molecule has 2 rings (SSSR count). The van der Waals surface area contributed by atoms with Gasteiger partial charge in [-0.05, 0) is 18.4 Å². The number of hydrogen-bond donors (Lipinski definition) is 3. The molecular weight excluding hydrogens is 274 g/mol. The van der Waals surface area contributed by atoms with Crippen molar-refractivity contribution >= 4 is 39.2 Å². The lowest BCUT2D eigenvalue weighted by atomic mass is 10.0. The fourth-order valence-electron chi connectivity index (χ4n) is 1.99. The molecule has 20 heavy (non-hydrogen) atoms. The summed E-state index contributed by atoms with van der Waals surface area (Å²) >= 11 is 1.58. The summed E-state index contributed by atoms with van der Waals surface area (Å²) in [5.74, 6) is 0.414. The van der Waals surface area contributed by atoms with Gasteiger partial charge in [0.15, 0.2) is 0 Å². The Bertz CT molecular complexity index is 637. The summed E-state index contributed by atoms with van der Waals surface area (Å²) in [4.78, 5) is 22.0. The number of aryl methyl sites for hydroxylation is 1. The lowest BCUT2D eigenvalue weighted by Gasteiger charge is -2.19. The van der Waals surface area contributed by atoms with E-state index in [4.69, 9.17) is 11.5 Å². The molecular formula is C13H19N5OS. The van der Waals surface area contributed by atoms with E-state index >= 15 is 0 Å². The van der Waals surface area contributed by atoms with Gasteiger partial charge in [0, 0.05) is 4.88 Å². The average Bonchev–Trinajstić information content (AvgIpc) is 2.77. The van der Waals surface area contributed by atoms with Crippen LogP contribution in [0.1, 0.15) is 25.6 Å². The fraction of sp³-hybridized carbons (Fsp3) is 0.462. The molecule has 1 amide bonds. The largest absolute Gasteiger partial charge is 0.368 e. The van der Waals surface area contributed by atoms with Crippen molar-refractivity contribution in [1.29, 1.82) is 0 Å². The second-order valence-electron chi connectivity index (χ2n) is 4.98. The zero-order valence-corrected chi connectivity index (χ0v) is 12.6. The number of nitrogens with two attached hydrogens (primary N) is 2. The van der Waals surface area contributed by atoms with Crippen LogP contribution in [0.4, 0.5) is 11.8 Å². The lowest BCUT2D eigenvalue weighted by Crippen LogP contribution is -2.39. The highest BCUT2D eigenvalue weighted by Gasteiger charge is 2.21. The Hall–Kier alpha value is -1.89. The van der Waals surface area contributed by atoms with Crippen LogP contribution in [0.2, 0.25) is 0 Å². The van der Waals surface area contributed by atoms with Gasteiger partial charge in [0.05, 0.1) is 5.39 Å². The minimum atomic E-state index is -0.488. The molecule has 1 unspecified atom stereocenters. The molecule has 2 heterocycles. The van der Waals surface area contributed by atoms with Crippen LogP contribution in [-0.2, 0) is 11.2 Å². The van der Waals surface area contributed by atoms with E-state index in [0.717, 1.165) is 16.6 Å². The van der Waals surface area contributed by atoms with Gasteiger partial charge in [-0.3, -0.25) is 4.79 Å². The van der Waals surface area contributed by atoms with Gasteiger partial charge in [0.2, 0.25) is 11.9 Å². The first-order chi connectivity index (χ1) is 9.42. The van der Waals surface area contributed by atoms with Crippen LogP contribution < -0.4 is 16.8 Å². The molecule has 0 bridgehead atoms. The fourth-order valence-corrected chi connectivity index (χ4v) is 2.96. The second-order valence-corrected chi connectivity index (χ2v) is 6.10. The molecule has 108 valence electrons. The van der Waals surface area contributed by atoms with Gasteiger partial charge in [-0.25, -0.2) is 4.98 Å². The molecule has 0 aliphatic rings. The Morgan fingerprint density at radius 2 is 2.15 bits per heavy atom. The number of carbonyl (C=O) groups excluding carboxylic acids is 1. The van der Waals surface area contributed by atoms with Gasteiger partial charge >= 0.3 is 0 Å². The van der Waals surface area contributed by atoms with Gasteiger partial charge < -0.3 is 16.8 Å². The minimum absolute atomic E-state index is 0.0584. The molecule has 0 spiro atoms. The molecule has 7 heteroatoms. The van der Waals surface area contributed by atoms with Crippen molar-refractivity contribution in [2.24, 2.45) is 11.7 Å². The first kappa shape index (κ1) is 14.5. The molecule has 5 N–H and O–H groups in total. The van der Waals surface area contributed by atoms with E-state index in [0.29, 0.717) is 5.82 Å². The van der Waals surface area contributed by atoms with Crippen molar-refractivity contribution in [1.82, 2.24) is 9.97 Å². The van der Waals surface area contributed by atoms with Gasteiger partial charge in [0.25, 0.3) is 0 Å². The summed E-state index contributed by atoms with van der Waals surface area (Å²) in [5, 5.41) is 3.98. The minimum Gasteiger partial charge on any atom is -0.368 e. The normalized spacial score (nSPS) is 12.8. The molecule has 0 saturated carbocycles. The third kappa shape index (κ3) is 2.82. The van der Waals surface area contributed by atoms with Crippen LogP contribution >= 0.6 is 11.3 Å². The van der Waals surface area contributed by atoms with Crippen molar-refractivity contribution < 1.29 is 4.79 Å². The summed E-state index contributed by atoms with van der Waals surface area (Å²) in [5.41, 5.74) is 11.2. The maximum atomic E-state index is 11.5. The summed E-state index contributed by atoms with van der Waals surface area (Å²) < 4.78 is 0. The summed E-state index contributed by atoms with van der Waals surface area (Å²) in [6.45, 7) is 5.93. The highest BCUT2D eigenvalue weighted by Crippen LogP contribution is 2.30. The Labute approximate surface area is 121 Å². The number of nitrogens with zero attached hydrogens (tertiary/aromatic N) is 2. The van der Waals surface area contributed by atoms with Crippen LogP contribution in [0, 0.1) is 5.92 Å². The molecule has 2 aromatic heterocycles. The van der Waals surface area contributed by atoms with Crippen molar-refractivity contribution in [3.63, 3.8) is 0 Å². The number of rotatable bonds is 5. The summed E-state index contributed by atoms with van der Waals surface area (Å²) in [6, 6.07) is 1.54. The SMILES string of the molecule is CCc1cc2c(NC(C(N)=O)C(C)C)nc(N)nc2s1. The molecule has 1 atom stereocenters. The molecule has 0 radical (unpaired) electrons. The van der Waals surface area contributed by atoms with E-state index in [2.05, 4.69) is 22.2 Å². The summed E-state index contributed by atoms with van der Waals surface area (Å²) in [7, 11) is 0. The van der Waals surface area contributed by atoms with Crippen molar-refractivity contribution in [3.05, 3.63) is 10.9 Å². The molecule has 0 aliphatic carbocycles. The number of fused-ring (bicyclic) bond motifs is 1. The maximum absolute atomic E-state index is 11.5. The molecule has 0 fully saturated rings. The van der Waals surface area contributed by atoms with Gasteiger partial charge in [-0.2, -0.15) is 4.98 Å².